The Kier molecular flexibility index (Phi) is 22.9. The standard InChI is InChI=1S/C45H68N6O9/c1-9-12-18-34(47-39(53)30-51-23-25-59-26-24-51)42(56)49-36(28-32(6)7)43(57)50-37(29-33-16-14-13-15-17-33)44(58)48-35(27-31(4)5)41(55)45(8,21-10-2)60-40(54)20-19-38(52)46-22-11-3/h3,9,13-17,31-32,34-37H,1,10,12,18-30H2,2,4-8H3,(H,46,52)(H,47,53)(H,48,58)(H,49,56)(H,50,57). The predicted molar refractivity (Wildman–Crippen MR) is 229 cm³/mol. The van der Waals surface area contributed by atoms with Crippen LogP contribution >= 0.6 is 0 Å². The number of rotatable bonds is 27. The minimum atomic E-state index is -1.63. The lowest BCUT2D eigenvalue weighted by molar-refractivity contribution is -0.168. The molecule has 1 aromatic carbocycles. The second kappa shape index (κ2) is 26.9. The van der Waals surface area contributed by atoms with Crippen LogP contribution in [0.1, 0.15) is 98.5 Å². The molecule has 5 amide bonds. The van der Waals surface area contributed by atoms with Gasteiger partial charge in [0.2, 0.25) is 29.5 Å². The Balaban J connectivity index is 2.36. The van der Waals surface area contributed by atoms with Gasteiger partial charge in [0.25, 0.3) is 0 Å². The lowest BCUT2D eigenvalue weighted by atomic mass is 9.86. The van der Waals surface area contributed by atoms with Crippen molar-refractivity contribution in [3.8, 4) is 12.3 Å². The van der Waals surface area contributed by atoms with E-state index >= 15 is 0 Å². The van der Waals surface area contributed by atoms with Gasteiger partial charge in [-0.1, -0.05) is 83.4 Å². The topological polar surface area (TPSA) is 201 Å². The van der Waals surface area contributed by atoms with E-state index in [2.05, 4.69) is 39.1 Å². The molecular weight excluding hydrogens is 769 g/mol. The van der Waals surface area contributed by atoms with Crippen molar-refractivity contribution in [1.82, 2.24) is 31.5 Å². The van der Waals surface area contributed by atoms with Gasteiger partial charge >= 0.3 is 5.97 Å². The number of hydrogen-bond acceptors (Lipinski definition) is 10. The molecule has 15 heteroatoms. The molecule has 1 aromatic rings. The molecule has 0 saturated carbocycles. The van der Waals surface area contributed by atoms with E-state index in [-0.39, 0.29) is 75.8 Å². The number of terminal acetylenes is 1. The summed E-state index contributed by atoms with van der Waals surface area (Å²) in [6.07, 6.45) is 8.21. The van der Waals surface area contributed by atoms with Crippen LogP contribution in [0.25, 0.3) is 0 Å². The molecule has 0 aromatic heterocycles. The van der Waals surface area contributed by atoms with Gasteiger partial charge in [-0.15, -0.1) is 13.0 Å². The van der Waals surface area contributed by atoms with Gasteiger partial charge < -0.3 is 36.1 Å². The van der Waals surface area contributed by atoms with E-state index in [1.807, 2.05) is 57.7 Å². The number of carbonyl (C=O) groups excluding carboxylic acids is 7. The molecule has 0 bridgehead atoms. The molecule has 1 aliphatic rings. The van der Waals surface area contributed by atoms with Crippen molar-refractivity contribution in [3.63, 3.8) is 0 Å². The predicted octanol–water partition coefficient (Wildman–Crippen LogP) is 2.76. The first-order valence-electron chi connectivity index (χ1n) is 21.1. The highest BCUT2D eigenvalue weighted by Gasteiger charge is 2.42. The number of ether oxygens (including phenoxy) is 2. The summed E-state index contributed by atoms with van der Waals surface area (Å²) in [6.45, 7) is 17.0. The molecule has 60 heavy (non-hydrogen) atoms. The number of amides is 5. The Morgan fingerprint density at radius 2 is 1.43 bits per heavy atom. The number of hydrogen-bond donors (Lipinski definition) is 5. The van der Waals surface area contributed by atoms with Gasteiger partial charge in [0, 0.05) is 25.9 Å². The fraction of sp³-hybridized carbons (Fsp3) is 0.622. The summed E-state index contributed by atoms with van der Waals surface area (Å²) in [5, 5.41) is 13.9. The molecule has 5 N–H and O–H groups in total. The van der Waals surface area contributed by atoms with Crippen LogP contribution in [0.5, 0.6) is 0 Å². The van der Waals surface area contributed by atoms with Crippen molar-refractivity contribution in [2.24, 2.45) is 11.8 Å². The summed E-state index contributed by atoms with van der Waals surface area (Å²) in [4.78, 5) is 96.7. The lowest BCUT2D eigenvalue weighted by Crippen LogP contribution is -2.60. The Labute approximate surface area is 356 Å². The molecule has 0 spiro atoms. The van der Waals surface area contributed by atoms with E-state index in [1.165, 1.54) is 6.92 Å². The van der Waals surface area contributed by atoms with Crippen LogP contribution in [0.2, 0.25) is 0 Å². The Hall–Kier alpha value is -5.07. The zero-order valence-corrected chi connectivity index (χ0v) is 36.4. The number of nitrogens with one attached hydrogen (secondary N) is 5. The number of nitrogens with zero attached hydrogens (tertiary/aromatic N) is 1. The zero-order chi connectivity index (χ0) is 44.7. The Bertz CT molecular complexity index is 1620. The average Bonchev–Trinajstić information content (AvgIpc) is 3.20. The van der Waals surface area contributed by atoms with Gasteiger partial charge in [-0.25, -0.2) is 0 Å². The van der Waals surface area contributed by atoms with Gasteiger partial charge in [-0.05, 0) is 56.4 Å². The summed E-state index contributed by atoms with van der Waals surface area (Å²) < 4.78 is 11.1. The van der Waals surface area contributed by atoms with E-state index in [9.17, 15) is 33.6 Å². The molecule has 1 heterocycles. The van der Waals surface area contributed by atoms with Crippen molar-refractivity contribution in [3.05, 3.63) is 48.6 Å². The van der Waals surface area contributed by atoms with Gasteiger partial charge in [0.05, 0.1) is 38.8 Å². The minimum absolute atomic E-state index is 0.0154. The third kappa shape index (κ3) is 18.9. The third-order valence-electron chi connectivity index (χ3n) is 9.91. The van der Waals surface area contributed by atoms with E-state index in [0.29, 0.717) is 39.1 Å². The molecule has 0 radical (unpaired) electrons. The first-order chi connectivity index (χ1) is 28.5. The van der Waals surface area contributed by atoms with Crippen LogP contribution in [0.4, 0.5) is 0 Å². The number of carbonyl (C=O) groups is 7. The molecule has 1 aliphatic heterocycles. The first kappa shape index (κ1) is 51.1. The number of esters is 1. The quantitative estimate of drug-likeness (QED) is 0.0499. The van der Waals surface area contributed by atoms with E-state index in [4.69, 9.17) is 15.9 Å². The number of Topliss-reactive ketones (excluding diaryl/α,β-unsaturated/α-hetero) is 1. The lowest BCUT2D eigenvalue weighted by Gasteiger charge is -2.33. The molecule has 5 atom stereocenters. The van der Waals surface area contributed by atoms with Crippen LogP contribution in [0, 0.1) is 24.2 Å². The summed E-state index contributed by atoms with van der Waals surface area (Å²) in [5.41, 5.74) is -0.893. The third-order valence-corrected chi connectivity index (χ3v) is 9.91. The highest BCUT2D eigenvalue weighted by Crippen LogP contribution is 2.25. The average molecular weight is 837 g/mol. The number of ketones is 1. The van der Waals surface area contributed by atoms with E-state index in [0.717, 1.165) is 5.56 Å². The summed E-state index contributed by atoms with van der Waals surface area (Å²) >= 11 is 0. The van der Waals surface area contributed by atoms with Crippen LogP contribution in [-0.4, -0.2) is 115 Å². The number of morpholine rings is 1. The highest BCUT2D eigenvalue weighted by molar-refractivity contribution is 5.98. The smallest absolute Gasteiger partial charge is 0.307 e. The molecular formula is C45H68N6O9. The van der Waals surface area contributed by atoms with Gasteiger partial charge in [0.15, 0.2) is 11.4 Å². The molecule has 0 aliphatic carbocycles. The summed E-state index contributed by atoms with van der Waals surface area (Å²) in [7, 11) is 0. The maximum absolute atomic E-state index is 14.3. The second-order valence-corrected chi connectivity index (χ2v) is 16.3. The van der Waals surface area contributed by atoms with Crippen LogP contribution in [0.3, 0.4) is 0 Å². The summed E-state index contributed by atoms with van der Waals surface area (Å²) in [6, 6.07) is 4.76. The molecule has 2 rings (SSSR count). The van der Waals surface area contributed by atoms with Crippen molar-refractivity contribution < 1.29 is 43.0 Å². The minimum Gasteiger partial charge on any atom is -0.451 e. The van der Waals surface area contributed by atoms with E-state index in [1.54, 1.807) is 18.2 Å². The van der Waals surface area contributed by atoms with Gasteiger partial charge in [-0.2, -0.15) is 0 Å². The van der Waals surface area contributed by atoms with E-state index < -0.39 is 65.1 Å². The number of allylic oxidation sites excluding steroid dienone is 1. The fourth-order valence-electron chi connectivity index (χ4n) is 6.86. The van der Waals surface area contributed by atoms with Gasteiger partial charge in [0.1, 0.15) is 18.1 Å². The second-order valence-electron chi connectivity index (χ2n) is 16.3. The van der Waals surface area contributed by atoms with Crippen LogP contribution in [0.15, 0.2) is 43.0 Å². The van der Waals surface area contributed by atoms with Crippen molar-refractivity contribution >= 4 is 41.3 Å². The first-order valence-corrected chi connectivity index (χ1v) is 21.1. The molecule has 1 fully saturated rings. The molecule has 5 unspecified atom stereocenters. The monoisotopic (exact) mass is 837 g/mol. The number of benzene rings is 1. The maximum Gasteiger partial charge on any atom is 0.307 e. The SMILES string of the molecule is C#CCNC(=O)CCC(=O)OC(C)(CCC)C(=O)C(CC(C)C)NC(=O)C(Cc1ccccc1)NC(=O)C(CC(C)C)NC(=O)C(CCC=C)NC(=O)CN1CCOCC1. The van der Waals surface area contributed by atoms with Crippen molar-refractivity contribution in [1.29, 1.82) is 0 Å². The van der Waals surface area contributed by atoms with Crippen LogP contribution in [-0.2, 0) is 49.5 Å². The Morgan fingerprint density at radius 1 is 0.850 bits per heavy atom. The molecule has 15 nitrogen and oxygen atoms in total. The summed E-state index contributed by atoms with van der Waals surface area (Å²) in [5.74, 6) is -1.66. The molecule has 332 valence electrons. The Morgan fingerprint density at radius 3 is 2.03 bits per heavy atom. The van der Waals surface area contributed by atoms with Crippen molar-refractivity contribution in [2.75, 3.05) is 39.4 Å². The van der Waals surface area contributed by atoms with Gasteiger partial charge in [-0.3, -0.25) is 38.5 Å². The zero-order valence-electron chi connectivity index (χ0n) is 36.4. The molecule has 1 saturated heterocycles. The normalized spacial score (nSPS) is 15.8. The fourth-order valence-corrected chi connectivity index (χ4v) is 6.86. The maximum atomic E-state index is 14.3. The van der Waals surface area contributed by atoms with Crippen molar-refractivity contribution in [2.45, 2.75) is 129 Å². The largest absolute Gasteiger partial charge is 0.451 e. The van der Waals surface area contributed by atoms with Crippen LogP contribution < -0.4 is 26.6 Å². The highest BCUT2D eigenvalue weighted by atomic mass is 16.6.